The smallest absolute Gasteiger partial charge is 0.0992 e. The van der Waals surface area contributed by atoms with E-state index in [1.807, 2.05) is 18.2 Å². The minimum absolute atomic E-state index is 0.456. The number of nitrogens with one attached hydrogen (secondary N) is 1. The number of anilines is 1. The van der Waals surface area contributed by atoms with Crippen LogP contribution in [0.5, 0.6) is 0 Å². The van der Waals surface area contributed by atoms with E-state index in [4.69, 9.17) is 5.26 Å². The second kappa shape index (κ2) is 7.82. The first-order valence-corrected chi connectivity index (χ1v) is 8.62. The van der Waals surface area contributed by atoms with Gasteiger partial charge in [0.25, 0.3) is 0 Å². The zero-order valence-corrected chi connectivity index (χ0v) is 14.5. The Morgan fingerprint density at radius 2 is 2.14 bits per heavy atom. The van der Waals surface area contributed by atoms with Crippen molar-refractivity contribution in [1.29, 1.82) is 5.26 Å². The van der Waals surface area contributed by atoms with E-state index in [1.165, 1.54) is 38.9 Å². The van der Waals surface area contributed by atoms with Crippen LogP contribution in [0, 0.1) is 17.2 Å². The van der Waals surface area contributed by atoms with E-state index in [1.54, 1.807) is 0 Å². The first-order chi connectivity index (χ1) is 10.1. The van der Waals surface area contributed by atoms with E-state index in [-0.39, 0.29) is 0 Å². The molecule has 0 radical (unpaired) electrons. The minimum Gasteiger partial charge on any atom is -0.381 e. The summed E-state index contributed by atoms with van der Waals surface area (Å²) in [6.45, 7) is 8.19. The van der Waals surface area contributed by atoms with Gasteiger partial charge in [0.05, 0.1) is 11.6 Å². The Morgan fingerprint density at radius 3 is 2.71 bits per heavy atom. The summed E-state index contributed by atoms with van der Waals surface area (Å²) in [5.41, 5.74) is 1.77. The summed E-state index contributed by atoms with van der Waals surface area (Å²) in [5, 5.41) is 12.5. The number of rotatable bonds is 5. The van der Waals surface area contributed by atoms with Crippen molar-refractivity contribution in [2.75, 3.05) is 25.0 Å². The van der Waals surface area contributed by atoms with Crippen molar-refractivity contribution in [1.82, 2.24) is 4.90 Å². The molecule has 1 saturated heterocycles. The molecule has 1 aliphatic heterocycles. The lowest BCUT2D eigenvalue weighted by Crippen LogP contribution is -2.39. The molecule has 1 unspecified atom stereocenters. The fraction of sp³-hybridized carbons (Fsp3) is 0.588. The highest BCUT2D eigenvalue weighted by Crippen LogP contribution is 2.28. The summed E-state index contributed by atoms with van der Waals surface area (Å²) in [4.78, 5) is 2.57. The topological polar surface area (TPSA) is 39.1 Å². The normalized spacial score (nSPS) is 18.2. The molecule has 0 saturated carbocycles. The van der Waals surface area contributed by atoms with Gasteiger partial charge in [0, 0.05) is 16.2 Å². The standard InChI is InChI=1S/C17H24BrN3/c1-3-8-21-9-6-15(7-10-21)13(2)20-17-5-4-14(12-19)11-16(17)18/h4-5,11,13,15,20H,3,6-10H2,1-2H3. The summed E-state index contributed by atoms with van der Waals surface area (Å²) in [6.07, 6.45) is 3.78. The van der Waals surface area contributed by atoms with Crippen LogP contribution in [-0.4, -0.2) is 30.6 Å². The molecule has 1 aliphatic rings. The molecule has 1 N–H and O–H groups in total. The molecule has 0 amide bonds. The van der Waals surface area contributed by atoms with Crippen LogP contribution in [0.15, 0.2) is 22.7 Å². The van der Waals surface area contributed by atoms with Crippen LogP contribution >= 0.6 is 15.9 Å². The average molecular weight is 350 g/mol. The van der Waals surface area contributed by atoms with Gasteiger partial charge in [0.15, 0.2) is 0 Å². The summed E-state index contributed by atoms with van der Waals surface area (Å²) >= 11 is 3.55. The van der Waals surface area contributed by atoms with Gasteiger partial charge >= 0.3 is 0 Å². The Bertz CT molecular complexity index is 501. The second-order valence-corrected chi connectivity index (χ2v) is 6.77. The number of nitrogens with zero attached hydrogens (tertiary/aromatic N) is 2. The number of benzene rings is 1. The van der Waals surface area contributed by atoms with Gasteiger partial charge in [-0.2, -0.15) is 5.26 Å². The monoisotopic (exact) mass is 349 g/mol. The van der Waals surface area contributed by atoms with Gasteiger partial charge in [0.2, 0.25) is 0 Å². The molecule has 0 aliphatic carbocycles. The van der Waals surface area contributed by atoms with Crippen LogP contribution < -0.4 is 5.32 Å². The van der Waals surface area contributed by atoms with Crippen LogP contribution in [0.25, 0.3) is 0 Å². The summed E-state index contributed by atoms with van der Waals surface area (Å²) in [6, 6.07) is 8.35. The van der Waals surface area contributed by atoms with Crippen molar-refractivity contribution in [3.05, 3.63) is 28.2 Å². The van der Waals surface area contributed by atoms with Crippen LogP contribution in [0.4, 0.5) is 5.69 Å². The Kier molecular flexibility index (Phi) is 6.08. The molecule has 1 aromatic carbocycles. The predicted molar refractivity (Wildman–Crippen MR) is 91.4 cm³/mol. The van der Waals surface area contributed by atoms with E-state index in [0.29, 0.717) is 11.6 Å². The minimum atomic E-state index is 0.456. The largest absolute Gasteiger partial charge is 0.381 e. The maximum Gasteiger partial charge on any atom is 0.0992 e. The van der Waals surface area contributed by atoms with Crippen molar-refractivity contribution < 1.29 is 0 Å². The molecule has 0 bridgehead atoms. The lowest BCUT2D eigenvalue weighted by atomic mass is 9.90. The first kappa shape index (κ1) is 16.3. The van der Waals surface area contributed by atoms with Crippen LogP contribution in [0.3, 0.4) is 0 Å². The Balaban J connectivity index is 1.90. The van der Waals surface area contributed by atoms with Crippen LogP contribution in [0.1, 0.15) is 38.7 Å². The van der Waals surface area contributed by atoms with Gasteiger partial charge in [0.1, 0.15) is 0 Å². The fourth-order valence-corrected chi connectivity index (χ4v) is 3.55. The molecule has 1 heterocycles. The Morgan fingerprint density at radius 1 is 1.43 bits per heavy atom. The zero-order chi connectivity index (χ0) is 15.2. The van der Waals surface area contributed by atoms with Crippen molar-refractivity contribution in [3.8, 4) is 6.07 Å². The molecular formula is C17H24BrN3. The van der Waals surface area contributed by atoms with Crippen molar-refractivity contribution in [3.63, 3.8) is 0 Å². The third-order valence-electron chi connectivity index (χ3n) is 4.36. The van der Waals surface area contributed by atoms with E-state index in [2.05, 4.69) is 46.1 Å². The molecule has 1 aromatic rings. The second-order valence-electron chi connectivity index (χ2n) is 5.92. The third-order valence-corrected chi connectivity index (χ3v) is 5.02. The Labute approximate surface area is 136 Å². The van der Waals surface area contributed by atoms with Gasteiger partial charge in [-0.3, -0.25) is 0 Å². The molecule has 1 fully saturated rings. The number of hydrogen-bond donors (Lipinski definition) is 1. The fourth-order valence-electron chi connectivity index (χ4n) is 3.06. The Hall–Kier alpha value is -1.05. The van der Waals surface area contributed by atoms with Gasteiger partial charge < -0.3 is 10.2 Å². The molecule has 0 aromatic heterocycles. The SMILES string of the molecule is CCCN1CCC(C(C)Nc2ccc(C#N)cc2Br)CC1. The summed E-state index contributed by atoms with van der Waals surface area (Å²) in [7, 11) is 0. The maximum atomic E-state index is 8.91. The molecule has 1 atom stereocenters. The maximum absolute atomic E-state index is 8.91. The molecular weight excluding hydrogens is 326 g/mol. The number of nitriles is 1. The predicted octanol–water partition coefficient (Wildman–Crippen LogP) is 4.24. The first-order valence-electron chi connectivity index (χ1n) is 7.82. The average Bonchev–Trinajstić information content (AvgIpc) is 2.50. The quantitative estimate of drug-likeness (QED) is 0.863. The van der Waals surface area contributed by atoms with E-state index in [9.17, 15) is 0 Å². The highest BCUT2D eigenvalue weighted by molar-refractivity contribution is 9.10. The number of hydrogen-bond acceptors (Lipinski definition) is 3. The van der Waals surface area contributed by atoms with Gasteiger partial charge in [-0.15, -0.1) is 0 Å². The lowest BCUT2D eigenvalue weighted by molar-refractivity contribution is 0.176. The van der Waals surface area contributed by atoms with Crippen molar-refractivity contribution in [2.45, 2.75) is 39.2 Å². The van der Waals surface area contributed by atoms with E-state index < -0.39 is 0 Å². The zero-order valence-electron chi connectivity index (χ0n) is 12.9. The van der Waals surface area contributed by atoms with Crippen molar-refractivity contribution in [2.24, 2.45) is 5.92 Å². The molecule has 4 heteroatoms. The third kappa shape index (κ3) is 4.46. The lowest BCUT2D eigenvalue weighted by Gasteiger charge is -2.35. The molecule has 114 valence electrons. The number of likely N-dealkylation sites (tertiary alicyclic amines) is 1. The van der Waals surface area contributed by atoms with Gasteiger partial charge in [-0.05, 0) is 85.9 Å². The summed E-state index contributed by atoms with van der Waals surface area (Å²) < 4.78 is 0.969. The van der Waals surface area contributed by atoms with Gasteiger partial charge in [-0.25, -0.2) is 0 Å². The van der Waals surface area contributed by atoms with Crippen LogP contribution in [0.2, 0.25) is 0 Å². The van der Waals surface area contributed by atoms with Gasteiger partial charge in [-0.1, -0.05) is 6.92 Å². The van der Waals surface area contributed by atoms with E-state index in [0.717, 1.165) is 16.1 Å². The highest BCUT2D eigenvalue weighted by Gasteiger charge is 2.23. The highest BCUT2D eigenvalue weighted by atomic mass is 79.9. The number of halogens is 1. The van der Waals surface area contributed by atoms with E-state index >= 15 is 0 Å². The number of piperidine rings is 1. The molecule has 2 rings (SSSR count). The molecule has 3 nitrogen and oxygen atoms in total. The van der Waals surface area contributed by atoms with Crippen LogP contribution in [-0.2, 0) is 0 Å². The van der Waals surface area contributed by atoms with Crippen molar-refractivity contribution >= 4 is 21.6 Å². The molecule has 0 spiro atoms. The molecule has 21 heavy (non-hydrogen) atoms. The summed E-state index contributed by atoms with van der Waals surface area (Å²) in [5.74, 6) is 0.723.